The van der Waals surface area contributed by atoms with Crippen LogP contribution in [0.5, 0.6) is 5.75 Å². The van der Waals surface area contributed by atoms with Gasteiger partial charge in [-0.15, -0.1) is 0 Å². The molecule has 2 rings (SSSR count). The van der Waals surface area contributed by atoms with Crippen molar-refractivity contribution < 1.29 is 22.7 Å². The van der Waals surface area contributed by atoms with Crippen LogP contribution >= 0.6 is 0 Å². The zero-order valence-corrected chi connectivity index (χ0v) is 12.4. The van der Waals surface area contributed by atoms with Gasteiger partial charge in [-0.25, -0.2) is 13.2 Å². The summed E-state index contributed by atoms with van der Waals surface area (Å²) in [7, 11) is 0. The Morgan fingerprint density at radius 3 is 2.05 bits per heavy atom. The van der Waals surface area contributed by atoms with Crippen LogP contribution in [0, 0.1) is 17.5 Å². The first-order valence-electron chi connectivity index (χ1n) is 6.66. The second-order valence-electron chi connectivity index (χ2n) is 5.79. The fourth-order valence-electron chi connectivity index (χ4n) is 1.88. The monoisotopic (exact) mass is 308 g/mol. The lowest BCUT2D eigenvalue weighted by Crippen LogP contribution is -2.22. The van der Waals surface area contributed by atoms with Gasteiger partial charge in [-0.05, 0) is 57.2 Å². The van der Waals surface area contributed by atoms with Crippen molar-refractivity contribution in [2.24, 2.45) is 0 Å². The molecule has 2 aromatic carbocycles. The Kier molecular flexibility index (Phi) is 4.26. The van der Waals surface area contributed by atoms with Gasteiger partial charge in [0.15, 0.2) is 23.2 Å². The molecule has 0 N–H and O–H groups in total. The van der Waals surface area contributed by atoms with Gasteiger partial charge in [0.25, 0.3) is 0 Å². The van der Waals surface area contributed by atoms with Gasteiger partial charge in [0.1, 0.15) is 11.4 Å². The third kappa shape index (κ3) is 3.47. The minimum atomic E-state index is -1.65. The van der Waals surface area contributed by atoms with E-state index in [1.54, 1.807) is 12.1 Å². The second-order valence-corrected chi connectivity index (χ2v) is 5.79. The highest BCUT2D eigenvalue weighted by Crippen LogP contribution is 2.22. The number of carbonyl (C=O) groups excluding carboxylic acids is 1. The fraction of sp³-hybridized carbons (Fsp3) is 0.235. The van der Waals surface area contributed by atoms with Crippen LogP contribution in [-0.4, -0.2) is 11.4 Å². The number of carbonyl (C=O) groups is 1. The minimum Gasteiger partial charge on any atom is -0.488 e. The van der Waals surface area contributed by atoms with E-state index in [2.05, 4.69) is 0 Å². The Hall–Kier alpha value is -2.30. The molecule has 0 saturated carbocycles. The van der Waals surface area contributed by atoms with Crippen LogP contribution in [0.4, 0.5) is 13.2 Å². The van der Waals surface area contributed by atoms with E-state index in [4.69, 9.17) is 4.74 Å². The van der Waals surface area contributed by atoms with Gasteiger partial charge in [0.05, 0.1) is 5.56 Å². The van der Waals surface area contributed by atoms with Gasteiger partial charge in [-0.1, -0.05) is 0 Å². The molecule has 0 aliphatic carbocycles. The summed E-state index contributed by atoms with van der Waals surface area (Å²) < 4.78 is 45.3. The molecule has 0 aliphatic rings. The smallest absolute Gasteiger partial charge is 0.196 e. The van der Waals surface area contributed by atoms with Gasteiger partial charge in [0.2, 0.25) is 0 Å². The number of hydrogen-bond acceptors (Lipinski definition) is 2. The van der Waals surface area contributed by atoms with E-state index in [9.17, 15) is 18.0 Å². The molecule has 116 valence electrons. The first-order valence-corrected chi connectivity index (χ1v) is 6.66. The molecule has 0 spiro atoms. The Morgan fingerprint density at radius 2 is 1.50 bits per heavy atom. The van der Waals surface area contributed by atoms with E-state index >= 15 is 0 Å². The largest absolute Gasteiger partial charge is 0.488 e. The molecular formula is C17H15F3O2. The van der Waals surface area contributed by atoms with Crippen LogP contribution in [0.15, 0.2) is 36.4 Å². The van der Waals surface area contributed by atoms with Crippen molar-refractivity contribution in [2.75, 3.05) is 0 Å². The predicted octanol–water partition coefficient (Wildman–Crippen LogP) is 4.51. The Bertz CT molecular complexity index is 701. The van der Waals surface area contributed by atoms with Crippen LogP contribution < -0.4 is 4.74 Å². The molecule has 0 aromatic heterocycles. The topological polar surface area (TPSA) is 26.3 Å². The number of rotatable bonds is 3. The number of ketones is 1. The lowest BCUT2D eigenvalue weighted by Gasteiger charge is -2.21. The first-order chi connectivity index (χ1) is 10.2. The van der Waals surface area contributed by atoms with Crippen LogP contribution in [-0.2, 0) is 0 Å². The van der Waals surface area contributed by atoms with Gasteiger partial charge >= 0.3 is 0 Å². The molecule has 5 heteroatoms. The molecular weight excluding hydrogens is 293 g/mol. The SMILES string of the molecule is CC(C)(C)Oc1ccc(C(=O)c2ccc(F)c(F)c2F)cc1. The Morgan fingerprint density at radius 1 is 0.909 bits per heavy atom. The maximum absolute atomic E-state index is 13.6. The summed E-state index contributed by atoms with van der Waals surface area (Å²) in [6, 6.07) is 7.68. The zero-order chi connectivity index (χ0) is 16.5. The highest BCUT2D eigenvalue weighted by atomic mass is 19.2. The molecule has 0 bridgehead atoms. The van der Waals surface area contributed by atoms with E-state index < -0.39 is 34.4 Å². The van der Waals surface area contributed by atoms with E-state index in [1.807, 2.05) is 20.8 Å². The van der Waals surface area contributed by atoms with Crippen molar-refractivity contribution in [2.45, 2.75) is 26.4 Å². The summed E-state index contributed by atoms with van der Waals surface area (Å²) in [6.45, 7) is 5.63. The molecule has 0 radical (unpaired) electrons. The van der Waals surface area contributed by atoms with Crippen LogP contribution in [0.1, 0.15) is 36.7 Å². The standard InChI is InChI=1S/C17H15F3O2/c1-17(2,3)22-11-6-4-10(5-7-11)16(21)12-8-9-13(18)15(20)14(12)19/h4-9H,1-3H3. The van der Waals surface area contributed by atoms with E-state index in [-0.39, 0.29) is 5.56 Å². The average Bonchev–Trinajstić information content (AvgIpc) is 2.43. The summed E-state index contributed by atoms with van der Waals surface area (Å²) in [5.74, 6) is -4.64. The van der Waals surface area contributed by atoms with Crippen molar-refractivity contribution in [1.82, 2.24) is 0 Å². The normalized spacial score (nSPS) is 11.4. The van der Waals surface area contributed by atoms with Crippen LogP contribution in [0.3, 0.4) is 0 Å². The molecule has 0 unspecified atom stereocenters. The fourth-order valence-corrected chi connectivity index (χ4v) is 1.88. The molecule has 0 fully saturated rings. The molecule has 0 heterocycles. The van der Waals surface area contributed by atoms with E-state index in [1.165, 1.54) is 12.1 Å². The first kappa shape index (κ1) is 16.1. The second kappa shape index (κ2) is 5.83. The quantitative estimate of drug-likeness (QED) is 0.616. The molecule has 2 nitrogen and oxygen atoms in total. The highest BCUT2D eigenvalue weighted by Gasteiger charge is 2.20. The average molecular weight is 308 g/mol. The maximum atomic E-state index is 13.6. The van der Waals surface area contributed by atoms with Crippen molar-refractivity contribution in [3.05, 3.63) is 65.0 Å². The molecule has 0 aliphatic heterocycles. The molecule has 2 aromatic rings. The summed E-state index contributed by atoms with van der Waals surface area (Å²) in [4.78, 5) is 12.2. The van der Waals surface area contributed by atoms with E-state index in [0.29, 0.717) is 5.75 Å². The van der Waals surface area contributed by atoms with Crippen LogP contribution in [0.25, 0.3) is 0 Å². The zero-order valence-electron chi connectivity index (χ0n) is 12.4. The minimum absolute atomic E-state index is 0.158. The number of hydrogen-bond donors (Lipinski definition) is 0. The summed E-state index contributed by atoms with van der Waals surface area (Å²) >= 11 is 0. The predicted molar refractivity (Wildman–Crippen MR) is 76.6 cm³/mol. The number of ether oxygens (including phenoxy) is 1. The summed E-state index contributed by atoms with van der Waals surface area (Å²) in [5.41, 5.74) is -0.743. The number of halogens is 3. The van der Waals surface area contributed by atoms with Gasteiger partial charge in [-0.2, -0.15) is 0 Å². The summed E-state index contributed by atoms with van der Waals surface area (Å²) in [6.07, 6.45) is 0. The van der Waals surface area contributed by atoms with Crippen molar-refractivity contribution in [1.29, 1.82) is 0 Å². The third-order valence-electron chi connectivity index (χ3n) is 2.82. The highest BCUT2D eigenvalue weighted by molar-refractivity contribution is 6.09. The summed E-state index contributed by atoms with van der Waals surface area (Å²) in [5, 5.41) is 0. The molecule has 22 heavy (non-hydrogen) atoms. The molecule has 0 saturated heterocycles. The van der Waals surface area contributed by atoms with Gasteiger partial charge < -0.3 is 4.74 Å². The lowest BCUT2D eigenvalue weighted by molar-refractivity contribution is 0.103. The number of benzene rings is 2. The van der Waals surface area contributed by atoms with Gasteiger partial charge in [0, 0.05) is 5.56 Å². The maximum Gasteiger partial charge on any atom is 0.196 e. The molecule has 0 atom stereocenters. The molecule has 0 amide bonds. The Labute approximate surface area is 126 Å². The third-order valence-corrected chi connectivity index (χ3v) is 2.82. The van der Waals surface area contributed by atoms with Gasteiger partial charge in [-0.3, -0.25) is 4.79 Å². The van der Waals surface area contributed by atoms with Crippen molar-refractivity contribution in [3.8, 4) is 5.75 Å². The van der Waals surface area contributed by atoms with E-state index in [0.717, 1.165) is 12.1 Å². The van der Waals surface area contributed by atoms with Crippen molar-refractivity contribution in [3.63, 3.8) is 0 Å². The van der Waals surface area contributed by atoms with Crippen LogP contribution in [0.2, 0.25) is 0 Å². The Balaban J connectivity index is 2.29. The van der Waals surface area contributed by atoms with Crippen molar-refractivity contribution >= 4 is 5.78 Å². The lowest BCUT2D eigenvalue weighted by atomic mass is 10.0.